The molecule has 136 valence electrons. The summed E-state index contributed by atoms with van der Waals surface area (Å²) in [6, 6.07) is 7.44. The van der Waals surface area contributed by atoms with Crippen molar-refractivity contribution in [2.24, 2.45) is 0 Å². The van der Waals surface area contributed by atoms with Crippen LogP contribution in [0.1, 0.15) is 17.8 Å². The first-order chi connectivity index (χ1) is 11.9. The Kier molecular flexibility index (Phi) is 5.12. The quantitative estimate of drug-likeness (QED) is 0.806. The molecule has 25 heavy (non-hydrogen) atoms. The maximum atomic E-state index is 12.9. The molecule has 1 aromatic heterocycles. The molecule has 1 aliphatic heterocycles. The molecule has 0 spiro atoms. The van der Waals surface area contributed by atoms with Crippen LogP contribution in [0.2, 0.25) is 0 Å². The molecule has 9 heteroatoms. The Morgan fingerprint density at radius 2 is 2.08 bits per heavy atom. The van der Waals surface area contributed by atoms with E-state index < -0.39 is 18.8 Å². The van der Waals surface area contributed by atoms with Gasteiger partial charge in [-0.3, -0.25) is 0 Å². The Morgan fingerprint density at radius 1 is 1.32 bits per heavy atom. The van der Waals surface area contributed by atoms with E-state index in [1.807, 2.05) is 36.4 Å². The Labute approximate surface area is 148 Å². The van der Waals surface area contributed by atoms with Crippen LogP contribution in [-0.2, 0) is 13.0 Å². The van der Waals surface area contributed by atoms with E-state index in [-0.39, 0.29) is 5.82 Å². The summed E-state index contributed by atoms with van der Waals surface area (Å²) in [5.41, 5.74) is 0.906. The third-order valence-corrected chi connectivity index (χ3v) is 4.49. The van der Waals surface area contributed by atoms with Gasteiger partial charge in [-0.2, -0.15) is 30.0 Å². The van der Waals surface area contributed by atoms with Crippen molar-refractivity contribution in [1.82, 2.24) is 14.8 Å². The molecule has 0 fully saturated rings. The number of aromatic nitrogens is 3. The van der Waals surface area contributed by atoms with Crippen LogP contribution in [0.3, 0.4) is 0 Å². The third-order valence-electron chi connectivity index (χ3n) is 3.88. The van der Waals surface area contributed by atoms with E-state index in [1.54, 1.807) is 17.8 Å². The molecule has 3 rings (SSSR count). The summed E-state index contributed by atoms with van der Waals surface area (Å²) in [4.78, 5) is 6.31. The molecular weight excluding hydrogens is 353 g/mol. The Morgan fingerprint density at radius 3 is 2.80 bits per heavy atom. The van der Waals surface area contributed by atoms with Gasteiger partial charge in [0.25, 0.3) is 0 Å². The second-order valence-corrected chi connectivity index (χ2v) is 6.84. The summed E-state index contributed by atoms with van der Waals surface area (Å²) in [7, 11) is 1.88. The van der Waals surface area contributed by atoms with Gasteiger partial charge >= 0.3 is 6.18 Å². The lowest BCUT2D eigenvalue weighted by Crippen LogP contribution is -2.34. The fourth-order valence-electron chi connectivity index (χ4n) is 2.77. The minimum atomic E-state index is -4.36. The second-order valence-electron chi connectivity index (χ2n) is 5.86. The van der Waals surface area contributed by atoms with E-state index in [1.165, 1.54) is 0 Å². The fraction of sp³-hybridized carbons (Fsp3) is 0.500. The molecule has 5 nitrogen and oxygen atoms in total. The molecule has 0 saturated heterocycles. The lowest BCUT2D eigenvalue weighted by molar-refractivity contribution is -0.143. The van der Waals surface area contributed by atoms with Crippen molar-refractivity contribution in [2.45, 2.75) is 25.2 Å². The minimum absolute atomic E-state index is 0.217. The Balaban J connectivity index is 1.91. The lowest BCUT2D eigenvalue weighted by Gasteiger charge is -2.33. The van der Waals surface area contributed by atoms with Gasteiger partial charge in [0.05, 0.1) is 12.2 Å². The minimum Gasteiger partial charge on any atom is -0.478 e. The van der Waals surface area contributed by atoms with Crippen LogP contribution < -0.4 is 9.64 Å². The maximum Gasteiger partial charge on any atom is 0.408 e. The van der Waals surface area contributed by atoms with Gasteiger partial charge in [0, 0.05) is 19.2 Å². The van der Waals surface area contributed by atoms with Gasteiger partial charge in [0.1, 0.15) is 12.3 Å². The van der Waals surface area contributed by atoms with Crippen LogP contribution >= 0.6 is 11.8 Å². The highest BCUT2D eigenvalue weighted by molar-refractivity contribution is 7.98. The molecular formula is C16H19F3N4OS. The summed E-state index contributed by atoms with van der Waals surface area (Å²) in [6.07, 6.45) is -2.50. The number of benzene rings is 1. The van der Waals surface area contributed by atoms with Gasteiger partial charge in [-0.05, 0) is 18.4 Å². The number of hydrogen-bond donors (Lipinski definition) is 0. The average Bonchev–Trinajstić information content (AvgIpc) is 2.93. The van der Waals surface area contributed by atoms with Gasteiger partial charge in [-0.15, -0.1) is 0 Å². The standard InChI is InChI=1S/C16H19F3N4OS/c1-22-9-13(24-12-6-4-3-5-11(12)22)15-20-14(7-8-25-2)21-23(15)10-16(17,18)19/h3-6,13H,7-10H2,1-2H3/t13-/m0/s1. The maximum absolute atomic E-state index is 12.9. The number of thioether (sulfide) groups is 1. The number of fused-ring (bicyclic) bond motifs is 1. The molecule has 2 aromatic rings. The topological polar surface area (TPSA) is 43.2 Å². The molecule has 0 saturated carbocycles. The van der Waals surface area contributed by atoms with Crippen LogP contribution in [0.25, 0.3) is 0 Å². The van der Waals surface area contributed by atoms with Crippen LogP contribution in [0.15, 0.2) is 24.3 Å². The van der Waals surface area contributed by atoms with Crippen molar-refractivity contribution in [3.05, 3.63) is 35.9 Å². The van der Waals surface area contributed by atoms with E-state index in [9.17, 15) is 13.2 Å². The van der Waals surface area contributed by atoms with Crippen molar-refractivity contribution in [3.8, 4) is 5.75 Å². The van der Waals surface area contributed by atoms with Crippen molar-refractivity contribution < 1.29 is 17.9 Å². The summed E-state index contributed by atoms with van der Waals surface area (Å²) < 4.78 is 45.6. The van der Waals surface area contributed by atoms with Crippen molar-refractivity contribution >= 4 is 17.4 Å². The number of halogens is 3. The summed E-state index contributed by atoms with van der Waals surface area (Å²) in [6.45, 7) is -0.755. The SMILES string of the molecule is CSCCc1nc([C@@H]2CN(C)c3ccccc3O2)n(CC(F)(F)F)n1. The van der Waals surface area contributed by atoms with E-state index in [4.69, 9.17) is 4.74 Å². The smallest absolute Gasteiger partial charge is 0.408 e. The van der Waals surface area contributed by atoms with Crippen molar-refractivity contribution in [3.63, 3.8) is 0 Å². The molecule has 0 N–H and O–H groups in total. The number of para-hydroxylation sites is 2. The molecule has 1 aromatic carbocycles. The highest BCUT2D eigenvalue weighted by Gasteiger charge is 2.34. The molecule has 0 radical (unpaired) electrons. The fourth-order valence-corrected chi connectivity index (χ4v) is 3.16. The summed E-state index contributed by atoms with van der Waals surface area (Å²) >= 11 is 1.60. The highest BCUT2D eigenvalue weighted by atomic mass is 32.2. The van der Waals surface area contributed by atoms with Crippen LogP contribution in [0, 0.1) is 0 Å². The van der Waals surface area contributed by atoms with Gasteiger partial charge in [0.2, 0.25) is 0 Å². The van der Waals surface area contributed by atoms with Crippen LogP contribution in [0.5, 0.6) is 5.75 Å². The number of anilines is 1. The summed E-state index contributed by atoms with van der Waals surface area (Å²) in [5, 5.41) is 4.06. The van der Waals surface area contributed by atoms with E-state index in [0.717, 1.165) is 16.1 Å². The zero-order valence-electron chi connectivity index (χ0n) is 14.0. The van der Waals surface area contributed by atoms with E-state index in [0.29, 0.717) is 24.5 Å². The number of ether oxygens (including phenoxy) is 1. The third kappa shape index (κ3) is 4.20. The molecule has 0 unspecified atom stereocenters. The van der Waals surface area contributed by atoms with E-state index in [2.05, 4.69) is 10.1 Å². The molecule has 0 aliphatic carbocycles. The predicted molar refractivity (Wildman–Crippen MR) is 91.2 cm³/mol. The van der Waals surface area contributed by atoms with Crippen LogP contribution in [-0.4, -0.2) is 46.5 Å². The first-order valence-electron chi connectivity index (χ1n) is 7.83. The molecule has 1 aliphatic rings. The second kappa shape index (κ2) is 7.15. The lowest BCUT2D eigenvalue weighted by atomic mass is 10.2. The predicted octanol–water partition coefficient (Wildman–Crippen LogP) is 3.32. The summed E-state index contributed by atoms with van der Waals surface area (Å²) in [5.74, 6) is 2.02. The number of rotatable bonds is 5. The highest BCUT2D eigenvalue weighted by Crippen LogP contribution is 2.36. The normalized spacial score (nSPS) is 17.3. The molecule has 0 amide bonds. The van der Waals surface area contributed by atoms with Gasteiger partial charge in [0.15, 0.2) is 17.8 Å². The molecule has 1 atom stereocenters. The zero-order chi connectivity index (χ0) is 18.0. The van der Waals surface area contributed by atoms with Crippen LogP contribution in [0.4, 0.5) is 18.9 Å². The Hall–Kier alpha value is -1.90. The molecule has 2 heterocycles. The Bertz CT molecular complexity index is 734. The van der Waals surface area contributed by atoms with Crippen molar-refractivity contribution in [1.29, 1.82) is 0 Å². The monoisotopic (exact) mass is 372 g/mol. The van der Waals surface area contributed by atoms with E-state index >= 15 is 0 Å². The number of alkyl halides is 3. The zero-order valence-corrected chi connectivity index (χ0v) is 14.8. The van der Waals surface area contributed by atoms with Crippen molar-refractivity contribution in [2.75, 3.05) is 30.5 Å². The number of nitrogens with zero attached hydrogens (tertiary/aromatic N) is 4. The van der Waals surface area contributed by atoms with Gasteiger partial charge in [-0.25, -0.2) is 9.67 Å². The average molecular weight is 372 g/mol. The first-order valence-corrected chi connectivity index (χ1v) is 9.23. The first kappa shape index (κ1) is 17.9. The number of likely N-dealkylation sites (N-methyl/N-ethyl adjacent to an activating group) is 1. The number of aryl methyl sites for hydroxylation is 1. The largest absolute Gasteiger partial charge is 0.478 e. The van der Waals surface area contributed by atoms with Gasteiger partial charge in [-0.1, -0.05) is 12.1 Å². The number of hydrogen-bond acceptors (Lipinski definition) is 5. The molecule has 0 bridgehead atoms. The van der Waals surface area contributed by atoms with Gasteiger partial charge < -0.3 is 9.64 Å².